The third-order valence-corrected chi connectivity index (χ3v) is 4.75. The Morgan fingerprint density at radius 3 is 2.90 bits per heavy atom. The highest BCUT2D eigenvalue weighted by molar-refractivity contribution is 5.95. The van der Waals surface area contributed by atoms with E-state index in [1.54, 1.807) is 41.8 Å². The van der Waals surface area contributed by atoms with Crippen molar-refractivity contribution < 1.29 is 19.0 Å². The van der Waals surface area contributed by atoms with Crippen LogP contribution in [0.15, 0.2) is 42.6 Å². The number of aliphatic hydroxyl groups excluding tert-OH is 1. The summed E-state index contributed by atoms with van der Waals surface area (Å²) in [7, 11) is 0. The number of aliphatic hydroxyl groups is 1. The van der Waals surface area contributed by atoms with E-state index in [0.717, 1.165) is 19.3 Å². The van der Waals surface area contributed by atoms with Crippen LogP contribution in [0.1, 0.15) is 47.9 Å². The second-order valence-electron chi connectivity index (χ2n) is 7.03. The van der Waals surface area contributed by atoms with Crippen LogP contribution in [0.2, 0.25) is 0 Å². The van der Waals surface area contributed by atoms with Crippen molar-refractivity contribution in [2.45, 2.75) is 45.8 Å². The third kappa shape index (κ3) is 4.92. The van der Waals surface area contributed by atoms with Crippen molar-refractivity contribution >= 4 is 11.6 Å². The van der Waals surface area contributed by atoms with Crippen LogP contribution in [0, 0.1) is 12.7 Å². The monoisotopic (exact) mass is 399 g/mol. The fourth-order valence-corrected chi connectivity index (χ4v) is 3.24. The Balaban J connectivity index is 1.82. The number of fused-ring (bicyclic) bond motifs is 1. The zero-order chi connectivity index (χ0) is 20.8. The number of hydrogen-bond donors (Lipinski definition) is 2. The van der Waals surface area contributed by atoms with Gasteiger partial charge >= 0.3 is 0 Å². The highest BCUT2D eigenvalue weighted by atomic mass is 19.1. The minimum absolute atomic E-state index is 0.108. The lowest BCUT2D eigenvalue weighted by molar-refractivity contribution is 0.0905. The zero-order valence-electron chi connectivity index (χ0n) is 16.7. The van der Waals surface area contributed by atoms with Gasteiger partial charge in [-0.1, -0.05) is 31.9 Å². The summed E-state index contributed by atoms with van der Waals surface area (Å²) in [6.07, 6.45) is 4.39. The van der Waals surface area contributed by atoms with Gasteiger partial charge < -0.3 is 15.2 Å². The van der Waals surface area contributed by atoms with E-state index in [-0.39, 0.29) is 31.0 Å². The molecule has 2 aromatic heterocycles. The molecule has 0 radical (unpaired) electrons. The average Bonchev–Trinajstić information content (AvgIpc) is 3.06. The number of carbonyl (C=O) groups is 1. The molecule has 1 atom stereocenters. The quantitative estimate of drug-likeness (QED) is 0.576. The van der Waals surface area contributed by atoms with E-state index in [4.69, 9.17) is 4.74 Å². The molecule has 0 bridgehead atoms. The Bertz CT molecular complexity index is 987. The number of imidazole rings is 1. The number of ether oxygens (including phenoxy) is 1. The maximum Gasteiger partial charge on any atom is 0.270 e. The molecule has 2 N–H and O–H groups in total. The predicted molar refractivity (Wildman–Crippen MR) is 109 cm³/mol. The summed E-state index contributed by atoms with van der Waals surface area (Å²) in [6, 6.07) is 9.46. The number of unbranched alkanes of at least 4 members (excludes halogenated alkanes) is 1. The van der Waals surface area contributed by atoms with Crippen LogP contribution >= 0.6 is 0 Å². The molecule has 2 heterocycles. The normalized spacial score (nSPS) is 12.1. The molecule has 29 heavy (non-hydrogen) atoms. The highest BCUT2D eigenvalue weighted by Crippen LogP contribution is 2.23. The zero-order valence-corrected chi connectivity index (χ0v) is 16.7. The first kappa shape index (κ1) is 20.8. The fraction of sp³-hybridized carbons (Fsp3) is 0.364. The first-order valence-corrected chi connectivity index (χ1v) is 9.80. The van der Waals surface area contributed by atoms with E-state index in [9.17, 15) is 14.3 Å². The number of halogens is 1. The van der Waals surface area contributed by atoms with Gasteiger partial charge in [0.1, 0.15) is 18.1 Å². The molecule has 0 spiro atoms. The molecule has 3 aromatic rings. The maximum absolute atomic E-state index is 13.4. The Hall–Kier alpha value is -2.93. The van der Waals surface area contributed by atoms with Crippen LogP contribution in [-0.4, -0.2) is 33.0 Å². The van der Waals surface area contributed by atoms with Crippen molar-refractivity contribution in [1.82, 2.24) is 14.7 Å². The standard InChI is InChI=1S/C22H26FN3O3/c1-3-4-9-18(13-27)25-22(28)20-15(2)24-21-19(10-6-11-26(20)21)29-14-16-7-5-8-17(23)12-16/h5-8,10-12,18,27H,3-4,9,13-14H2,1-2H3,(H,25,28)/t18-/m1/s1. The minimum atomic E-state index is -0.318. The van der Waals surface area contributed by atoms with E-state index in [0.29, 0.717) is 28.3 Å². The number of pyridine rings is 1. The molecule has 1 aromatic carbocycles. The molecule has 0 saturated carbocycles. The van der Waals surface area contributed by atoms with Gasteiger partial charge in [0.15, 0.2) is 11.4 Å². The first-order valence-electron chi connectivity index (χ1n) is 9.80. The number of rotatable bonds is 9. The number of nitrogens with zero attached hydrogens (tertiary/aromatic N) is 2. The maximum atomic E-state index is 13.4. The van der Waals surface area contributed by atoms with Gasteiger partial charge in [-0.3, -0.25) is 9.20 Å². The Morgan fingerprint density at radius 2 is 2.17 bits per heavy atom. The molecule has 0 fully saturated rings. The summed E-state index contributed by atoms with van der Waals surface area (Å²) < 4.78 is 20.9. The van der Waals surface area contributed by atoms with Crippen LogP contribution in [0.5, 0.6) is 5.75 Å². The summed E-state index contributed by atoms with van der Waals surface area (Å²) in [5, 5.41) is 12.4. The molecule has 0 aliphatic heterocycles. The average molecular weight is 399 g/mol. The van der Waals surface area contributed by atoms with Crippen molar-refractivity contribution in [2.24, 2.45) is 0 Å². The second kappa shape index (κ2) is 9.52. The van der Waals surface area contributed by atoms with E-state index >= 15 is 0 Å². The topological polar surface area (TPSA) is 75.9 Å². The minimum Gasteiger partial charge on any atom is -0.485 e. The number of amides is 1. The molecule has 7 heteroatoms. The molecule has 3 rings (SSSR count). The molecule has 0 aliphatic carbocycles. The van der Waals surface area contributed by atoms with Crippen LogP contribution in [0.4, 0.5) is 4.39 Å². The predicted octanol–water partition coefficient (Wildman–Crippen LogP) is 3.64. The lowest BCUT2D eigenvalue weighted by Gasteiger charge is -2.16. The third-order valence-electron chi connectivity index (χ3n) is 4.75. The Kier molecular flexibility index (Phi) is 6.82. The highest BCUT2D eigenvalue weighted by Gasteiger charge is 2.21. The molecule has 0 aliphatic rings. The van der Waals surface area contributed by atoms with Gasteiger partial charge in [0.2, 0.25) is 0 Å². The van der Waals surface area contributed by atoms with E-state index < -0.39 is 0 Å². The van der Waals surface area contributed by atoms with Gasteiger partial charge in [0.05, 0.1) is 18.3 Å². The molecular formula is C22H26FN3O3. The van der Waals surface area contributed by atoms with E-state index in [1.165, 1.54) is 12.1 Å². The molecular weight excluding hydrogens is 373 g/mol. The molecule has 0 saturated heterocycles. The molecule has 154 valence electrons. The largest absolute Gasteiger partial charge is 0.485 e. The van der Waals surface area contributed by atoms with E-state index in [2.05, 4.69) is 17.2 Å². The summed E-state index contributed by atoms with van der Waals surface area (Å²) in [5.41, 5.74) is 2.19. The first-order chi connectivity index (χ1) is 14.0. The summed E-state index contributed by atoms with van der Waals surface area (Å²) in [5.74, 6) is -0.0996. The van der Waals surface area contributed by atoms with Crippen molar-refractivity contribution in [1.29, 1.82) is 0 Å². The number of aromatic nitrogens is 2. The van der Waals surface area contributed by atoms with Crippen molar-refractivity contribution in [3.8, 4) is 5.75 Å². The molecule has 1 amide bonds. The van der Waals surface area contributed by atoms with Crippen molar-refractivity contribution in [2.75, 3.05) is 6.61 Å². The van der Waals surface area contributed by atoms with Gasteiger partial charge in [-0.2, -0.15) is 0 Å². The van der Waals surface area contributed by atoms with Gasteiger partial charge in [-0.05, 0) is 43.2 Å². The summed E-state index contributed by atoms with van der Waals surface area (Å²) in [4.78, 5) is 17.3. The summed E-state index contributed by atoms with van der Waals surface area (Å²) in [6.45, 7) is 3.91. The molecule has 6 nitrogen and oxygen atoms in total. The number of carbonyl (C=O) groups excluding carboxylic acids is 1. The lowest BCUT2D eigenvalue weighted by Crippen LogP contribution is -2.38. The molecule has 0 unspecified atom stereocenters. The Labute approximate surface area is 169 Å². The van der Waals surface area contributed by atoms with Crippen LogP contribution in [0.25, 0.3) is 5.65 Å². The van der Waals surface area contributed by atoms with Gasteiger partial charge in [0, 0.05) is 6.20 Å². The SMILES string of the molecule is CCCC[C@H](CO)NC(=O)c1c(C)nc2c(OCc3cccc(F)c3)cccn12. The lowest BCUT2D eigenvalue weighted by atomic mass is 10.1. The van der Waals surface area contributed by atoms with Crippen LogP contribution < -0.4 is 10.1 Å². The smallest absolute Gasteiger partial charge is 0.270 e. The Morgan fingerprint density at radius 1 is 1.34 bits per heavy atom. The summed E-state index contributed by atoms with van der Waals surface area (Å²) >= 11 is 0. The fourth-order valence-electron chi connectivity index (χ4n) is 3.24. The van der Waals surface area contributed by atoms with Crippen LogP contribution in [0.3, 0.4) is 0 Å². The number of nitrogens with one attached hydrogen (secondary N) is 1. The number of hydrogen-bond acceptors (Lipinski definition) is 4. The van der Waals surface area contributed by atoms with Crippen molar-refractivity contribution in [3.05, 3.63) is 65.4 Å². The number of aryl methyl sites for hydroxylation is 1. The van der Waals surface area contributed by atoms with Crippen molar-refractivity contribution in [3.63, 3.8) is 0 Å². The van der Waals surface area contributed by atoms with Gasteiger partial charge in [-0.25, -0.2) is 9.37 Å². The second-order valence-corrected chi connectivity index (χ2v) is 7.03. The van der Waals surface area contributed by atoms with Gasteiger partial charge in [0.25, 0.3) is 5.91 Å². The van der Waals surface area contributed by atoms with E-state index in [1.807, 2.05) is 0 Å². The number of benzene rings is 1. The van der Waals surface area contributed by atoms with Gasteiger partial charge in [-0.15, -0.1) is 0 Å². The van der Waals surface area contributed by atoms with Crippen LogP contribution in [-0.2, 0) is 6.61 Å².